The molecule has 5 heteroatoms. The quantitative estimate of drug-likeness (QED) is 0.375. The van der Waals surface area contributed by atoms with Gasteiger partial charge in [0, 0.05) is 25.2 Å². The fourth-order valence-electron chi connectivity index (χ4n) is 4.73. The van der Waals surface area contributed by atoms with Gasteiger partial charge in [0.05, 0.1) is 7.11 Å². The molecule has 1 amide bonds. The van der Waals surface area contributed by atoms with Gasteiger partial charge < -0.3 is 14.8 Å². The maximum absolute atomic E-state index is 13.8. The van der Waals surface area contributed by atoms with Crippen LogP contribution in [0.3, 0.4) is 0 Å². The van der Waals surface area contributed by atoms with Crippen molar-refractivity contribution in [2.45, 2.75) is 19.1 Å². The monoisotopic (exact) mass is 478 g/mol. The zero-order valence-electron chi connectivity index (χ0n) is 20.4. The number of carbonyl (C=O) groups is 1. The standard InChI is InChI=1S/C31H30N2O3/c1-35-26-16-17-29-28(20-26)30(31(34)32-21-23-10-4-2-5-11-23)33(18-19-36-29)22-25-14-8-9-15-27(25)24-12-6-3-7-13-24/h2-17,20,30H,18-19,21-22H2,1H3,(H,32,34). The van der Waals surface area contributed by atoms with Crippen molar-refractivity contribution < 1.29 is 14.3 Å². The summed E-state index contributed by atoms with van der Waals surface area (Å²) in [4.78, 5) is 16.0. The summed E-state index contributed by atoms with van der Waals surface area (Å²) < 4.78 is 11.6. The van der Waals surface area contributed by atoms with E-state index in [2.05, 4.69) is 46.6 Å². The van der Waals surface area contributed by atoms with Crippen molar-refractivity contribution in [3.05, 3.63) is 120 Å². The number of nitrogens with zero attached hydrogens (tertiary/aromatic N) is 1. The van der Waals surface area contributed by atoms with Crippen LogP contribution in [-0.2, 0) is 17.9 Å². The van der Waals surface area contributed by atoms with Gasteiger partial charge in [0.2, 0.25) is 5.91 Å². The lowest BCUT2D eigenvalue weighted by molar-refractivity contribution is -0.127. The van der Waals surface area contributed by atoms with Crippen LogP contribution in [0.1, 0.15) is 22.7 Å². The first kappa shape index (κ1) is 23.6. The SMILES string of the molecule is COc1ccc2c(c1)C(C(=O)NCc1ccccc1)N(Cc1ccccc1-c1ccccc1)CCO2. The molecule has 0 aliphatic carbocycles. The Kier molecular flexibility index (Phi) is 7.29. The first-order valence-electron chi connectivity index (χ1n) is 12.2. The Hall–Kier alpha value is -4.09. The summed E-state index contributed by atoms with van der Waals surface area (Å²) >= 11 is 0. The molecule has 1 aliphatic heterocycles. The molecule has 1 unspecified atom stereocenters. The average Bonchev–Trinajstić information content (AvgIpc) is 3.11. The largest absolute Gasteiger partial charge is 0.497 e. The number of hydrogen-bond acceptors (Lipinski definition) is 4. The number of rotatable bonds is 7. The van der Waals surface area contributed by atoms with Crippen molar-refractivity contribution in [2.24, 2.45) is 0 Å². The maximum atomic E-state index is 13.8. The summed E-state index contributed by atoms with van der Waals surface area (Å²) in [6.45, 7) is 2.18. The lowest BCUT2D eigenvalue weighted by atomic mass is 9.97. The maximum Gasteiger partial charge on any atom is 0.242 e. The first-order valence-corrected chi connectivity index (χ1v) is 12.2. The van der Waals surface area contributed by atoms with E-state index in [-0.39, 0.29) is 5.91 Å². The molecule has 0 aromatic heterocycles. The number of fused-ring (bicyclic) bond motifs is 1. The fourth-order valence-corrected chi connectivity index (χ4v) is 4.73. The van der Waals surface area contributed by atoms with Gasteiger partial charge in [-0.3, -0.25) is 9.69 Å². The second-order valence-corrected chi connectivity index (χ2v) is 8.85. The van der Waals surface area contributed by atoms with Crippen LogP contribution in [0.2, 0.25) is 0 Å². The Morgan fingerprint density at radius 1 is 0.944 bits per heavy atom. The number of amides is 1. The van der Waals surface area contributed by atoms with Crippen molar-refractivity contribution in [1.82, 2.24) is 10.2 Å². The van der Waals surface area contributed by atoms with E-state index in [4.69, 9.17) is 9.47 Å². The Balaban J connectivity index is 1.50. The molecule has 182 valence electrons. The van der Waals surface area contributed by atoms with Gasteiger partial charge >= 0.3 is 0 Å². The summed E-state index contributed by atoms with van der Waals surface area (Å²) in [5.74, 6) is 1.36. The third-order valence-corrected chi connectivity index (χ3v) is 6.55. The number of nitrogens with one attached hydrogen (secondary N) is 1. The van der Waals surface area contributed by atoms with Gasteiger partial charge in [-0.25, -0.2) is 0 Å². The first-order chi connectivity index (χ1) is 17.7. The highest BCUT2D eigenvalue weighted by Gasteiger charge is 2.33. The second-order valence-electron chi connectivity index (χ2n) is 8.85. The number of ether oxygens (including phenoxy) is 2. The lowest BCUT2D eigenvalue weighted by Crippen LogP contribution is -2.40. The van der Waals surface area contributed by atoms with E-state index in [0.717, 1.165) is 33.6 Å². The van der Waals surface area contributed by atoms with Crippen LogP contribution in [0, 0.1) is 0 Å². The van der Waals surface area contributed by atoms with Crippen LogP contribution < -0.4 is 14.8 Å². The van der Waals surface area contributed by atoms with E-state index in [9.17, 15) is 4.79 Å². The molecule has 0 saturated carbocycles. The van der Waals surface area contributed by atoms with Gasteiger partial charge in [0.15, 0.2) is 0 Å². The van der Waals surface area contributed by atoms with Gasteiger partial charge in [-0.15, -0.1) is 0 Å². The molecule has 5 nitrogen and oxygen atoms in total. The topological polar surface area (TPSA) is 50.8 Å². The number of methoxy groups -OCH3 is 1. The third-order valence-electron chi connectivity index (χ3n) is 6.55. The van der Waals surface area contributed by atoms with Crippen LogP contribution >= 0.6 is 0 Å². The van der Waals surface area contributed by atoms with Crippen LogP contribution in [0.4, 0.5) is 0 Å². The fraction of sp³-hybridized carbons (Fsp3) is 0.194. The number of carbonyl (C=O) groups excluding carboxylic acids is 1. The second kappa shape index (κ2) is 11.1. The Bertz CT molecular complexity index is 1310. The van der Waals surface area contributed by atoms with Gasteiger partial charge in [-0.1, -0.05) is 84.9 Å². The third kappa shape index (κ3) is 5.26. The normalized spacial score (nSPS) is 15.3. The Morgan fingerprint density at radius 2 is 1.67 bits per heavy atom. The molecule has 4 aromatic carbocycles. The van der Waals surface area contributed by atoms with Gasteiger partial charge in [-0.2, -0.15) is 0 Å². The highest BCUT2D eigenvalue weighted by molar-refractivity contribution is 5.84. The molecule has 0 radical (unpaired) electrons. The van der Waals surface area contributed by atoms with Crippen molar-refractivity contribution in [3.63, 3.8) is 0 Å². The summed E-state index contributed by atoms with van der Waals surface area (Å²) in [6.07, 6.45) is 0. The molecule has 1 N–H and O–H groups in total. The minimum Gasteiger partial charge on any atom is -0.497 e. The summed E-state index contributed by atoms with van der Waals surface area (Å²) in [5.41, 5.74) is 5.36. The van der Waals surface area contributed by atoms with Gasteiger partial charge in [-0.05, 0) is 40.5 Å². The zero-order valence-corrected chi connectivity index (χ0v) is 20.4. The predicted octanol–water partition coefficient (Wildman–Crippen LogP) is 5.61. The number of benzene rings is 4. The van der Waals surface area contributed by atoms with Crippen LogP contribution in [-0.4, -0.2) is 31.1 Å². The Labute approximate surface area is 212 Å². The smallest absolute Gasteiger partial charge is 0.242 e. The van der Waals surface area contributed by atoms with Crippen molar-refractivity contribution >= 4 is 5.91 Å². The molecule has 1 aliphatic rings. The minimum atomic E-state index is -0.523. The summed E-state index contributed by atoms with van der Waals surface area (Å²) in [5, 5.41) is 3.16. The van der Waals surface area contributed by atoms with E-state index < -0.39 is 6.04 Å². The molecule has 0 spiro atoms. The van der Waals surface area contributed by atoms with E-state index in [1.165, 1.54) is 0 Å². The molecule has 1 heterocycles. The molecule has 1 atom stereocenters. The van der Waals surface area contributed by atoms with E-state index in [1.807, 2.05) is 66.7 Å². The van der Waals surface area contributed by atoms with Crippen LogP contribution in [0.25, 0.3) is 11.1 Å². The predicted molar refractivity (Wildman–Crippen MR) is 142 cm³/mol. The van der Waals surface area contributed by atoms with Gasteiger partial charge in [0.25, 0.3) is 0 Å². The molecule has 36 heavy (non-hydrogen) atoms. The van der Waals surface area contributed by atoms with Crippen molar-refractivity contribution in [3.8, 4) is 22.6 Å². The summed E-state index contributed by atoms with van der Waals surface area (Å²) in [6, 6.07) is 33.9. The molecule has 0 bridgehead atoms. The Morgan fingerprint density at radius 3 is 2.44 bits per heavy atom. The molecular weight excluding hydrogens is 448 g/mol. The van der Waals surface area contributed by atoms with Gasteiger partial charge in [0.1, 0.15) is 24.1 Å². The summed E-state index contributed by atoms with van der Waals surface area (Å²) in [7, 11) is 1.64. The molecule has 4 aromatic rings. The highest BCUT2D eigenvalue weighted by Crippen LogP contribution is 2.37. The molecule has 5 rings (SSSR count). The van der Waals surface area contributed by atoms with E-state index >= 15 is 0 Å². The van der Waals surface area contributed by atoms with Crippen molar-refractivity contribution in [2.75, 3.05) is 20.3 Å². The molecule has 0 saturated heterocycles. The lowest BCUT2D eigenvalue weighted by Gasteiger charge is -2.30. The average molecular weight is 479 g/mol. The molecular formula is C31H30N2O3. The zero-order chi connectivity index (χ0) is 24.7. The minimum absolute atomic E-state index is 0.0592. The van der Waals surface area contributed by atoms with E-state index in [0.29, 0.717) is 32.0 Å². The van der Waals surface area contributed by atoms with Crippen LogP contribution in [0.15, 0.2) is 103 Å². The molecule has 0 fully saturated rings. The number of hydrogen-bond donors (Lipinski definition) is 1. The van der Waals surface area contributed by atoms with Crippen LogP contribution in [0.5, 0.6) is 11.5 Å². The van der Waals surface area contributed by atoms with Crippen molar-refractivity contribution in [1.29, 1.82) is 0 Å². The highest BCUT2D eigenvalue weighted by atomic mass is 16.5. The van der Waals surface area contributed by atoms with E-state index in [1.54, 1.807) is 7.11 Å².